The van der Waals surface area contributed by atoms with Gasteiger partial charge in [-0.05, 0) is 24.6 Å². The molecule has 4 N–H and O–H groups in total. The van der Waals surface area contributed by atoms with E-state index in [9.17, 15) is 8.42 Å². The number of nitrogens with zero attached hydrogens (tertiary/aromatic N) is 1. The zero-order chi connectivity index (χ0) is 14.6. The van der Waals surface area contributed by atoms with Gasteiger partial charge in [-0.2, -0.15) is 0 Å². The maximum absolute atomic E-state index is 12.2. The van der Waals surface area contributed by atoms with Crippen LogP contribution in [0.25, 0.3) is 0 Å². The third kappa shape index (κ3) is 4.07. The van der Waals surface area contributed by atoms with Gasteiger partial charge in [0.1, 0.15) is 4.90 Å². The molecule has 0 aliphatic carbocycles. The van der Waals surface area contributed by atoms with Gasteiger partial charge in [0.05, 0.1) is 11.1 Å². The SMILES string of the molecule is CCC(NS(=O)(=O)c1ccc(Br)cc1Cl)/C(N)=N/O. The van der Waals surface area contributed by atoms with E-state index in [2.05, 4.69) is 25.8 Å². The van der Waals surface area contributed by atoms with Crippen molar-refractivity contribution in [3.63, 3.8) is 0 Å². The number of nitrogens with one attached hydrogen (secondary N) is 1. The topological polar surface area (TPSA) is 105 Å². The van der Waals surface area contributed by atoms with Crippen LogP contribution in [-0.2, 0) is 10.0 Å². The Morgan fingerprint density at radius 1 is 1.63 bits per heavy atom. The van der Waals surface area contributed by atoms with E-state index in [1.165, 1.54) is 12.1 Å². The third-order valence-electron chi connectivity index (χ3n) is 2.36. The molecule has 19 heavy (non-hydrogen) atoms. The van der Waals surface area contributed by atoms with E-state index in [1.54, 1.807) is 13.0 Å². The highest BCUT2D eigenvalue weighted by molar-refractivity contribution is 9.10. The summed E-state index contributed by atoms with van der Waals surface area (Å²) in [6.45, 7) is 1.70. The molecule has 1 atom stereocenters. The van der Waals surface area contributed by atoms with Gasteiger partial charge >= 0.3 is 0 Å². The van der Waals surface area contributed by atoms with Crippen molar-refractivity contribution in [1.29, 1.82) is 0 Å². The van der Waals surface area contributed by atoms with Gasteiger partial charge < -0.3 is 10.9 Å². The molecule has 0 radical (unpaired) electrons. The Morgan fingerprint density at radius 3 is 2.74 bits per heavy atom. The number of halogens is 2. The van der Waals surface area contributed by atoms with E-state index in [1.807, 2.05) is 0 Å². The average Bonchev–Trinajstić information content (AvgIpc) is 2.34. The Bertz CT molecular complexity index is 592. The second-order valence-corrected chi connectivity index (χ2v) is 6.69. The normalized spacial score (nSPS) is 14.4. The summed E-state index contributed by atoms with van der Waals surface area (Å²) in [5, 5.41) is 11.5. The maximum atomic E-state index is 12.2. The second kappa shape index (κ2) is 6.56. The molecule has 0 bridgehead atoms. The molecule has 9 heteroatoms. The van der Waals surface area contributed by atoms with Gasteiger partial charge in [0.2, 0.25) is 10.0 Å². The predicted octanol–water partition coefficient (Wildman–Crippen LogP) is 1.91. The minimum absolute atomic E-state index is 0.0680. The summed E-state index contributed by atoms with van der Waals surface area (Å²) in [4.78, 5) is -0.0680. The molecule has 1 aromatic rings. The molecule has 0 aromatic heterocycles. The van der Waals surface area contributed by atoms with Crippen LogP contribution in [0.3, 0.4) is 0 Å². The molecule has 0 aliphatic rings. The van der Waals surface area contributed by atoms with Crippen LogP contribution in [0.2, 0.25) is 5.02 Å². The number of oxime groups is 1. The van der Waals surface area contributed by atoms with Crippen molar-refractivity contribution >= 4 is 43.4 Å². The Morgan fingerprint density at radius 2 is 2.26 bits per heavy atom. The Balaban J connectivity index is 3.11. The molecule has 0 fully saturated rings. The summed E-state index contributed by atoms with van der Waals surface area (Å²) >= 11 is 9.08. The van der Waals surface area contributed by atoms with Crippen LogP contribution in [0, 0.1) is 0 Å². The number of nitrogens with two attached hydrogens (primary N) is 1. The van der Waals surface area contributed by atoms with E-state index < -0.39 is 16.1 Å². The van der Waals surface area contributed by atoms with Gasteiger partial charge in [-0.15, -0.1) is 0 Å². The van der Waals surface area contributed by atoms with E-state index >= 15 is 0 Å². The number of sulfonamides is 1. The van der Waals surface area contributed by atoms with Crippen molar-refractivity contribution in [3.05, 3.63) is 27.7 Å². The summed E-state index contributed by atoms with van der Waals surface area (Å²) in [5.41, 5.74) is 5.41. The van der Waals surface area contributed by atoms with Crippen LogP contribution in [0.4, 0.5) is 0 Å². The predicted molar refractivity (Wildman–Crippen MR) is 77.0 cm³/mol. The monoisotopic (exact) mass is 369 g/mol. The smallest absolute Gasteiger partial charge is 0.242 e. The molecule has 6 nitrogen and oxygen atoms in total. The third-order valence-corrected chi connectivity index (χ3v) is 4.81. The molecule has 1 aromatic carbocycles. The van der Waals surface area contributed by atoms with Gasteiger partial charge in [0.25, 0.3) is 0 Å². The van der Waals surface area contributed by atoms with E-state index in [-0.39, 0.29) is 15.8 Å². The number of hydrogen-bond acceptors (Lipinski definition) is 4. The fraction of sp³-hybridized carbons (Fsp3) is 0.300. The standard InChI is InChI=1S/C10H13BrClN3O3S/c1-2-8(10(13)14-16)15-19(17,18)9-4-3-6(11)5-7(9)12/h3-5,8,15-16H,2H2,1H3,(H2,13,14). The van der Waals surface area contributed by atoms with E-state index in [0.717, 1.165) is 0 Å². The first-order chi connectivity index (χ1) is 8.81. The minimum Gasteiger partial charge on any atom is -0.409 e. The summed E-state index contributed by atoms with van der Waals surface area (Å²) in [7, 11) is -3.85. The van der Waals surface area contributed by atoms with Crippen LogP contribution >= 0.6 is 27.5 Å². The van der Waals surface area contributed by atoms with Crippen LogP contribution in [0.5, 0.6) is 0 Å². The average molecular weight is 371 g/mol. The van der Waals surface area contributed by atoms with Crippen LogP contribution in [-0.4, -0.2) is 25.5 Å². The van der Waals surface area contributed by atoms with Gasteiger partial charge in [0, 0.05) is 4.47 Å². The summed E-state index contributed by atoms with van der Waals surface area (Å²) in [5.74, 6) is -0.209. The summed E-state index contributed by atoms with van der Waals surface area (Å²) in [6, 6.07) is 3.61. The molecule has 106 valence electrons. The molecule has 0 aliphatic heterocycles. The van der Waals surface area contributed by atoms with E-state index in [0.29, 0.717) is 10.9 Å². The number of amidine groups is 1. The van der Waals surface area contributed by atoms with E-state index in [4.69, 9.17) is 22.5 Å². The van der Waals surface area contributed by atoms with Crippen LogP contribution < -0.4 is 10.5 Å². The van der Waals surface area contributed by atoms with Gasteiger partial charge in [-0.25, -0.2) is 13.1 Å². The first-order valence-electron chi connectivity index (χ1n) is 5.26. The van der Waals surface area contributed by atoms with Gasteiger partial charge in [0.15, 0.2) is 5.84 Å². The lowest BCUT2D eigenvalue weighted by atomic mass is 10.2. The first kappa shape index (κ1) is 16.2. The van der Waals surface area contributed by atoms with Gasteiger partial charge in [-0.1, -0.05) is 39.6 Å². The number of rotatable bonds is 5. The van der Waals surface area contributed by atoms with Crippen molar-refractivity contribution in [2.75, 3.05) is 0 Å². The molecule has 1 unspecified atom stereocenters. The number of benzene rings is 1. The summed E-state index contributed by atoms with van der Waals surface area (Å²) < 4.78 is 27.3. The Kier molecular flexibility index (Phi) is 5.60. The van der Waals surface area contributed by atoms with Crippen LogP contribution in [0.15, 0.2) is 32.7 Å². The highest BCUT2D eigenvalue weighted by atomic mass is 79.9. The summed E-state index contributed by atoms with van der Waals surface area (Å²) in [6.07, 6.45) is 0.337. The fourth-order valence-corrected chi connectivity index (χ4v) is 3.70. The second-order valence-electron chi connectivity index (χ2n) is 3.68. The maximum Gasteiger partial charge on any atom is 0.242 e. The molecular formula is C10H13BrClN3O3S. The zero-order valence-corrected chi connectivity index (χ0v) is 13.1. The van der Waals surface area contributed by atoms with Crippen molar-refractivity contribution in [2.24, 2.45) is 10.9 Å². The highest BCUT2D eigenvalue weighted by Crippen LogP contribution is 2.25. The van der Waals surface area contributed by atoms with Crippen molar-refractivity contribution < 1.29 is 13.6 Å². The molecule has 1 rings (SSSR count). The number of hydrogen-bond donors (Lipinski definition) is 3. The minimum atomic E-state index is -3.85. The van der Waals surface area contributed by atoms with Crippen LogP contribution in [0.1, 0.15) is 13.3 Å². The van der Waals surface area contributed by atoms with Crippen molar-refractivity contribution in [2.45, 2.75) is 24.3 Å². The lowest BCUT2D eigenvalue weighted by Crippen LogP contribution is -2.44. The first-order valence-corrected chi connectivity index (χ1v) is 7.92. The highest BCUT2D eigenvalue weighted by Gasteiger charge is 2.24. The Labute approximate surface area is 124 Å². The molecule has 0 amide bonds. The van der Waals surface area contributed by atoms with Crippen molar-refractivity contribution in [3.8, 4) is 0 Å². The van der Waals surface area contributed by atoms with Crippen molar-refractivity contribution in [1.82, 2.24) is 4.72 Å². The van der Waals surface area contributed by atoms with Gasteiger partial charge in [-0.3, -0.25) is 0 Å². The fourth-order valence-electron chi connectivity index (χ4n) is 1.37. The Hall–Kier alpha value is -0.830. The molecule has 0 spiro atoms. The lowest BCUT2D eigenvalue weighted by Gasteiger charge is -2.16. The lowest BCUT2D eigenvalue weighted by molar-refractivity contribution is 0.315. The molecule has 0 saturated carbocycles. The quantitative estimate of drug-likeness (QED) is 0.319. The molecule has 0 saturated heterocycles. The largest absolute Gasteiger partial charge is 0.409 e. The zero-order valence-electron chi connectivity index (χ0n) is 9.97. The molecule has 0 heterocycles. The molecular weight excluding hydrogens is 358 g/mol.